The summed E-state index contributed by atoms with van der Waals surface area (Å²) >= 11 is 0. The molecule has 0 unspecified atom stereocenters. The van der Waals surface area contributed by atoms with Gasteiger partial charge in [-0.1, -0.05) is 18.2 Å². The Balaban J connectivity index is 1.26. The van der Waals surface area contributed by atoms with Gasteiger partial charge in [-0.15, -0.1) is 0 Å². The van der Waals surface area contributed by atoms with Gasteiger partial charge in [0.1, 0.15) is 17.7 Å². The number of para-hydroxylation sites is 1. The Morgan fingerprint density at radius 1 is 1.21 bits per heavy atom. The second-order valence-electron chi connectivity index (χ2n) is 7.35. The Morgan fingerprint density at radius 2 is 2.00 bits per heavy atom. The van der Waals surface area contributed by atoms with Crippen LogP contribution in [0, 0.1) is 5.82 Å². The number of likely N-dealkylation sites (tertiary alicyclic amines) is 1. The molecule has 1 aliphatic rings. The lowest BCUT2D eigenvalue weighted by atomic mass is 10.1. The third-order valence-electron chi connectivity index (χ3n) is 5.41. The maximum Gasteiger partial charge on any atom is 0.193 e. The average molecular weight is 394 g/mol. The van der Waals surface area contributed by atoms with E-state index in [9.17, 15) is 4.39 Å². The second kappa shape index (κ2) is 8.99. The molecule has 0 amide bonds. The van der Waals surface area contributed by atoms with Gasteiger partial charge in [0, 0.05) is 56.6 Å². The SMILES string of the molecule is CN=C(NCCc1c[nH]c2cc(F)ccc12)N1CCC(Oc2ccccc2)CC1. The fourth-order valence-electron chi connectivity index (χ4n) is 3.88. The zero-order valence-corrected chi connectivity index (χ0v) is 16.7. The number of piperidine rings is 1. The van der Waals surface area contributed by atoms with Crippen LogP contribution in [0.25, 0.3) is 10.9 Å². The van der Waals surface area contributed by atoms with Crippen LogP contribution >= 0.6 is 0 Å². The minimum absolute atomic E-state index is 0.218. The first kappa shape index (κ1) is 19.3. The summed E-state index contributed by atoms with van der Waals surface area (Å²) in [6, 6.07) is 14.9. The molecule has 0 radical (unpaired) electrons. The van der Waals surface area contributed by atoms with Crippen molar-refractivity contribution in [2.24, 2.45) is 4.99 Å². The second-order valence-corrected chi connectivity index (χ2v) is 7.35. The van der Waals surface area contributed by atoms with Crippen LogP contribution in [0.5, 0.6) is 5.75 Å². The topological polar surface area (TPSA) is 52.7 Å². The quantitative estimate of drug-likeness (QED) is 0.509. The molecule has 2 heterocycles. The van der Waals surface area contributed by atoms with E-state index < -0.39 is 0 Å². The van der Waals surface area contributed by atoms with Crippen molar-refractivity contribution in [1.82, 2.24) is 15.2 Å². The van der Waals surface area contributed by atoms with Gasteiger partial charge in [-0.25, -0.2) is 4.39 Å². The zero-order chi connectivity index (χ0) is 20.1. The molecule has 1 saturated heterocycles. The van der Waals surface area contributed by atoms with Gasteiger partial charge in [-0.05, 0) is 42.3 Å². The van der Waals surface area contributed by atoms with Crippen molar-refractivity contribution in [2.45, 2.75) is 25.4 Å². The maximum absolute atomic E-state index is 13.3. The minimum Gasteiger partial charge on any atom is -0.490 e. The van der Waals surface area contributed by atoms with Crippen LogP contribution in [0.2, 0.25) is 0 Å². The van der Waals surface area contributed by atoms with Gasteiger partial charge in [-0.3, -0.25) is 4.99 Å². The van der Waals surface area contributed by atoms with Gasteiger partial charge < -0.3 is 19.9 Å². The molecule has 0 aliphatic carbocycles. The first-order chi connectivity index (χ1) is 14.2. The Morgan fingerprint density at radius 3 is 2.76 bits per heavy atom. The van der Waals surface area contributed by atoms with Crippen LogP contribution in [0.15, 0.2) is 59.7 Å². The largest absolute Gasteiger partial charge is 0.490 e. The van der Waals surface area contributed by atoms with Gasteiger partial charge in [-0.2, -0.15) is 0 Å². The summed E-state index contributed by atoms with van der Waals surface area (Å²) in [6.07, 6.45) is 5.00. The van der Waals surface area contributed by atoms with Crippen molar-refractivity contribution in [3.8, 4) is 5.75 Å². The van der Waals surface area contributed by atoms with Gasteiger partial charge in [0.25, 0.3) is 0 Å². The fraction of sp³-hybridized carbons (Fsp3) is 0.348. The van der Waals surface area contributed by atoms with Crippen molar-refractivity contribution in [3.05, 3.63) is 66.1 Å². The molecule has 1 aliphatic heterocycles. The average Bonchev–Trinajstić information content (AvgIpc) is 3.15. The summed E-state index contributed by atoms with van der Waals surface area (Å²) < 4.78 is 19.4. The highest BCUT2D eigenvalue weighted by atomic mass is 19.1. The number of H-pyrrole nitrogens is 1. The van der Waals surface area contributed by atoms with Crippen molar-refractivity contribution < 1.29 is 9.13 Å². The lowest BCUT2D eigenvalue weighted by Gasteiger charge is -2.34. The molecule has 3 aromatic rings. The molecule has 6 heteroatoms. The number of guanidine groups is 1. The van der Waals surface area contributed by atoms with Gasteiger partial charge in [0.05, 0.1) is 0 Å². The molecule has 0 spiro atoms. The Bertz CT molecular complexity index is 961. The summed E-state index contributed by atoms with van der Waals surface area (Å²) in [5.41, 5.74) is 2.02. The molecular formula is C23H27FN4O. The van der Waals surface area contributed by atoms with E-state index in [1.54, 1.807) is 0 Å². The molecule has 0 bridgehead atoms. The maximum atomic E-state index is 13.3. The molecule has 29 heavy (non-hydrogen) atoms. The number of hydrogen-bond acceptors (Lipinski definition) is 2. The number of halogens is 1. The number of nitrogens with zero attached hydrogens (tertiary/aromatic N) is 2. The Kier molecular flexibility index (Phi) is 5.98. The molecule has 5 nitrogen and oxygen atoms in total. The van der Waals surface area contributed by atoms with E-state index in [1.807, 2.05) is 49.6 Å². The van der Waals surface area contributed by atoms with Crippen LogP contribution in [-0.2, 0) is 6.42 Å². The number of aliphatic imine (C=N–C) groups is 1. The van der Waals surface area contributed by atoms with Crippen molar-refractivity contribution in [3.63, 3.8) is 0 Å². The van der Waals surface area contributed by atoms with E-state index in [0.717, 1.165) is 61.5 Å². The molecule has 152 valence electrons. The van der Waals surface area contributed by atoms with Crippen LogP contribution in [0.1, 0.15) is 18.4 Å². The fourth-order valence-corrected chi connectivity index (χ4v) is 3.88. The zero-order valence-electron chi connectivity index (χ0n) is 16.7. The number of fused-ring (bicyclic) bond motifs is 1. The number of aromatic amines is 1. The van der Waals surface area contributed by atoms with E-state index in [4.69, 9.17) is 4.74 Å². The first-order valence-corrected chi connectivity index (χ1v) is 10.2. The number of rotatable bonds is 5. The van der Waals surface area contributed by atoms with Crippen molar-refractivity contribution >= 4 is 16.9 Å². The number of hydrogen-bond donors (Lipinski definition) is 2. The highest BCUT2D eigenvalue weighted by Crippen LogP contribution is 2.20. The summed E-state index contributed by atoms with van der Waals surface area (Å²) in [7, 11) is 1.82. The smallest absolute Gasteiger partial charge is 0.193 e. The number of benzene rings is 2. The van der Waals surface area contributed by atoms with E-state index in [-0.39, 0.29) is 11.9 Å². The van der Waals surface area contributed by atoms with Crippen molar-refractivity contribution in [2.75, 3.05) is 26.7 Å². The number of ether oxygens (including phenoxy) is 1. The van der Waals surface area contributed by atoms with E-state index in [0.29, 0.717) is 0 Å². The minimum atomic E-state index is -0.218. The summed E-state index contributed by atoms with van der Waals surface area (Å²) in [4.78, 5) is 9.88. The normalized spacial score (nSPS) is 15.7. The van der Waals surface area contributed by atoms with Gasteiger partial charge in [0.15, 0.2) is 5.96 Å². The standard InChI is InChI=1S/C23H27FN4O/c1-25-23(26-12-9-17-16-27-22-15-18(24)7-8-21(17)22)28-13-10-20(11-14-28)29-19-5-3-2-4-6-19/h2-8,15-16,20,27H,9-14H2,1H3,(H,25,26). The van der Waals surface area contributed by atoms with Crippen LogP contribution < -0.4 is 10.1 Å². The highest BCUT2D eigenvalue weighted by Gasteiger charge is 2.22. The molecule has 1 aromatic heterocycles. The van der Waals surface area contributed by atoms with Crippen molar-refractivity contribution in [1.29, 1.82) is 0 Å². The molecular weight excluding hydrogens is 367 g/mol. The Labute approximate surface area is 170 Å². The van der Waals surface area contributed by atoms with Crippen LogP contribution in [-0.4, -0.2) is 48.6 Å². The molecule has 1 fully saturated rings. The number of aromatic nitrogens is 1. The van der Waals surface area contributed by atoms with Gasteiger partial charge >= 0.3 is 0 Å². The third kappa shape index (κ3) is 4.70. The van der Waals surface area contributed by atoms with E-state index in [1.165, 1.54) is 17.7 Å². The molecule has 2 aromatic carbocycles. The highest BCUT2D eigenvalue weighted by molar-refractivity contribution is 5.83. The molecule has 2 N–H and O–H groups in total. The summed E-state index contributed by atoms with van der Waals surface area (Å²) in [5.74, 6) is 1.64. The van der Waals surface area contributed by atoms with Crippen LogP contribution in [0.3, 0.4) is 0 Å². The lowest BCUT2D eigenvalue weighted by molar-refractivity contribution is 0.129. The van der Waals surface area contributed by atoms with Crippen LogP contribution in [0.4, 0.5) is 4.39 Å². The Hall–Kier alpha value is -3.02. The predicted octanol–water partition coefficient (Wildman–Crippen LogP) is 3.97. The predicted molar refractivity (Wildman–Crippen MR) is 115 cm³/mol. The first-order valence-electron chi connectivity index (χ1n) is 10.2. The molecule has 4 rings (SSSR count). The summed E-state index contributed by atoms with van der Waals surface area (Å²) in [6.45, 7) is 2.62. The lowest BCUT2D eigenvalue weighted by Crippen LogP contribution is -2.47. The van der Waals surface area contributed by atoms with E-state index in [2.05, 4.69) is 20.2 Å². The summed E-state index contributed by atoms with van der Waals surface area (Å²) in [5, 5.41) is 4.54. The molecule has 0 atom stereocenters. The monoisotopic (exact) mass is 394 g/mol. The number of nitrogens with one attached hydrogen (secondary N) is 2. The third-order valence-corrected chi connectivity index (χ3v) is 5.41. The van der Waals surface area contributed by atoms with E-state index >= 15 is 0 Å². The van der Waals surface area contributed by atoms with Gasteiger partial charge in [0.2, 0.25) is 0 Å². The molecule has 0 saturated carbocycles.